The van der Waals surface area contributed by atoms with Gasteiger partial charge in [0.2, 0.25) is 0 Å². The summed E-state index contributed by atoms with van der Waals surface area (Å²) in [6.45, 7) is 34.0. The second-order valence-corrected chi connectivity index (χ2v) is 37.0. The van der Waals surface area contributed by atoms with Crippen LogP contribution in [-0.2, 0) is 27.1 Å². The van der Waals surface area contributed by atoms with Gasteiger partial charge in [0.05, 0.1) is 62.2 Å². The molecule has 5 nitrogen and oxygen atoms in total. The maximum atomic E-state index is 9.99. The summed E-state index contributed by atoms with van der Waals surface area (Å²) in [5.41, 5.74) is 25.7. The predicted octanol–water partition coefficient (Wildman–Crippen LogP) is 26.0. The zero-order valence-electron chi connectivity index (χ0n) is 70.3. The van der Waals surface area contributed by atoms with Crippen LogP contribution in [0.2, 0.25) is 0 Å². The number of para-hydroxylation sites is 2. The topological polar surface area (TPSA) is 24.1 Å². The van der Waals surface area contributed by atoms with E-state index in [9.17, 15) is 5.48 Å². The molecule has 0 fully saturated rings. The molecule has 110 heavy (non-hydrogen) atoms. The number of hydrogen-bond acceptors (Lipinski definition) is 0. The highest BCUT2D eigenvalue weighted by Crippen LogP contribution is 2.50. The maximum Gasteiger partial charge on any atom is 0.252 e. The second-order valence-electron chi connectivity index (χ2n) is 37.0. The highest BCUT2D eigenvalue weighted by Gasteiger charge is 2.44. The predicted molar refractivity (Wildman–Crippen MR) is 475 cm³/mol. The smallest absolute Gasteiger partial charge is 0.252 e. The zero-order valence-corrected chi connectivity index (χ0v) is 65.3. The molecule has 20 aromatic rings. The van der Waals surface area contributed by atoms with Crippen molar-refractivity contribution < 1.29 is 6.85 Å². The van der Waals surface area contributed by atoms with Crippen molar-refractivity contribution in [2.24, 2.45) is 0 Å². The van der Waals surface area contributed by atoms with Crippen LogP contribution < -0.4 is 16.4 Å². The first kappa shape index (κ1) is 60.1. The van der Waals surface area contributed by atoms with E-state index in [-0.39, 0.29) is 56.8 Å². The molecule has 0 bridgehead atoms. The fourth-order valence-corrected chi connectivity index (χ4v) is 19.7. The SMILES string of the molecule is [2H]c1c([2H])c([2H])c(-c2cc3c4c(c2)c2cc(-n5c6ccc(C(C)(C)C)cc6c6cc(C(C)(C)C)ccc65)ccc2n4-c2c4c(cc5c2c2cccc6c7ccccc7c7ccccc7c7ccccc7n5c62)-n2c5ccc(C(C)(C)C)cc5c5cc(-n6c7ccc(C(C)(C)C)cc7c7cc(C(C)(C)C)ccc76)cc(c52)B43)c([2H])c1[2H]. The van der Waals surface area contributed by atoms with E-state index in [1.807, 2.05) is 0 Å². The lowest BCUT2D eigenvalue weighted by Crippen LogP contribution is -2.59. The molecule has 8 heterocycles. The second kappa shape index (κ2) is 22.0. The molecule has 6 aromatic heterocycles. The summed E-state index contributed by atoms with van der Waals surface area (Å²) < 4.78 is 60.7. The van der Waals surface area contributed by atoms with E-state index in [1.165, 1.54) is 60.1 Å². The molecule has 0 saturated carbocycles. The molecule has 0 unspecified atom stereocenters. The van der Waals surface area contributed by atoms with E-state index in [4.69, 9.17) is 1.37 Å². The minimum Gasteiger partial charge on any atom is -0.310 e. The lowest BCUT2D eigenvalue weighted by Gasteiger charge is -2.35. The lowest BCUT2D eigenvalue weighted by atomic mass is 9.34. The van der Waals surface area contributed by atoms with E-state index in [0.29, 0.717) is 5.56 Å². The molecule has 0 N–H and O–H groups in total. The van der Waals surface area contributed by atoms with Gasteiger partial charge in [-0.1, -0.05) is 255 Å². The van der Waals surface area contributed by atoms with E-state index >= 15 is 0 Å². The Hall–Kier alpha value is -11.9. The molecular formula is C104H88BN5. The van der Waals surface area contributed by atoms with E-state index in [0.717, 1.165) is 154 Å². The van der Waals surface area contributed by atoms with Gasteiger partial charge in [0.15, 0.2) is 0 Å². The van der Waals surface area contributed by atoms with Crippen LogP contribution >= 0.6 is 0 Å². The van der Waals surface area contributed by atoms with Crippen molar-refractivity contribution in [2.45, 2.75) is 131 Å². The summed E-state index contributed by atoms with van der Waals surface area (Å²) >= 11 is 0. The highest BCUT2D eigenvalue weighted by atomic mass is 15.1. The van der Waals surface area contributed by atoms with E-state index in [1.54, 1.807) is 0 Å². The fraction of sp³-hybridized carbons (Fsp3) is 0.192. The van der Waals surface area contributed by atoms with Crippen LogP contribution in [0.3, 0.4) is 0 Å². The molecule has 2 aliphatic rings. The van der Waals surface area contributed by atoms with Gasteiger partial charge in [-0.25, -0.2) is 0 Å². The molecule has 0 saturated heterocycles. The molecule has 0 radical (unpaired) electrons. The molecule has 2 aliphatic heterocycles. The zero-order chi connectivity index (χ0) is 79.4. The third kappa shape index (κ3) is 8.99. The third-order valence-electron chi connectivity index (χ3n) is 25.2. The Bertz CT molecular complexity index is 7760. The van der Waals surface area contributed by atoms with Crippen LogP contribution in [0, 0.1) is 0 Å². The number of benzene rings is 14. The largest absolute Gasteiger partial charge is 0.310 e. The van der Waals surface area contributed by atoms with Gasteiger partial charge in [-0.3, -0.25) is 0 Å². The standard InChI is InChI=1S/C104H88BN5/c1-100(2,3)61-36-42-86-75(50-61)76-51-62(101(4,5)6)37-43-87(76)106(86)66-41-47-91-80(55-66)81-48-60(59-26-17-16-18-27-59)49-83-98(81)110(91)99-94-74-34-25-33-73-71-31-22-20-29-69(71)68-28-19-21-30-70(68)72-32-23-24-35-85(72)108(96(73)74)92(94)58-93-95(99)105(83)84-57-67(56-82-79-54-65(104(13,14)15)40-46-90(79)109(93)97(82)84)107-88-44-38-63(102(7,8)9)52-77(88)78-53-64(103(10,11)12)39-45-89(78)107/h16-58H,1-15H3/i16D,17D,18D,26D,27D. The molecule has 532 valence electrons. The maximum absolute atomic E-state index is 9.99. The quantitative estimate of drug-likeness (QED) is 0.158. The van der Waals surface area contributed by atoms with Crippen molar-refractivity contribution in [3.05, 3.63) is 289 Å². The summed E-state index contributed by atoms with van der Waals surface area (Å²) in [4.78, 5) is 0. The minimum absolute atomic E-state index is 0.104. The summed E-state index contributed by atoms with van der Waals surface area (Å²) in [7, 11) is 0. The average Bonchev–Trinajstić information content (AvgIpc) is 1.49. The van der Waals surface area contributed by atoms with Crippen LogP contribution in [0.5, 0.6) is 0 Å². The lowest BCUT2D eigenvalue weighted by molar-refractivity contribution is 0.590. The van der Waals surface area contributed by atoms with Crippen molar-refractivity contribution in [3.8, 4) is 33.9 Å². The van der Waals surface area contributed by atoms with Gasteiger partial charge in [0.25, 0.3) is 6.71 Å². The summed E-state index contributed by atoms with van der Waals surface area (Å²) in [5, 5.41) is 18.1. The minimum atomic E-state index is -0.515. The summed E-state index contributed by atoms with van der Waals surface area (Å²) in [6, 6.07) is 86.8. The Morgan fingerprint density at radius 2 is 0.655 bits per heavy atom. The Morgan fingerprint density at radius 3 is 1.18 bits per heavy atom. The first-order valence-electron chi connectivity index (χ1n) is 41.8. The first-order chi connectivity index (χ1) is 54.8. The molecular weight excluding hydrogens is 1330 g/mol. The van der Waals surface area contributed by atoms with Gasteiger partial charge < -0.3 is 22.7 Å². The molecule has 0 spiro atoms. The average molecular weight is 1420 g/mol. The number of fused-ring (bicyclic) bond motifs is 27. The molecule has 22 rings (SSSR count). The Balaban J connectivity index is 0.975. The van der Waals surface area contributed by atoms with Crippen molar-refractivity contribution in [1.29, 1.82) is 0 Å². The van der Waals surface area contributed by atoms with Gasteiger partial charge in [0, 0.05) is 92.7 Å². The van der Waals surface area contributed by atoms with Crippen molar-refractivity contribution in [3.63, 3.8) is 0 Å². The van der Waals surface area contributed by atoms with Gasteiger partial charge in [0.1, 0.15) is 0 Å². The van der Waals surface area contributed by atoms with Crippen LogP contribution in [-0.4, -0.2) is 29.4 Å². The number of aromatic nitrogens is 5. The molecule has 14 aromatic carbocycles. The number of hydrogen-bond donors (Lipinski definition) is 0. The Morgan fingerprint density at radius 1 is 0.264 bits per heavy atom. The monoisotopic (exact) mass is 1420 g/mol. The van der Waals surface area contributed by atoms with E-state index < -0.39 is 12.8 Å². The molecule has 6 heteroatoms. The molecule has 0 amide bonds. The Labute approximate surface area is 649 Å². The number of rotatable bonds is 3. The number of nitrogens with zero attached hydrogens (tertiary/aromatic N) is 5. The third-order valence-corrected chi connectivity index (χ3v) is 25.2. The fourth-order valence-electron chi connectivity index (χ4n) is 19.7. The van der Waals surface area contributed by atoms with Gasteiger partial charge in [-0.15, -0.1) is 0 Å². The summed E-state index contributed by atoms with van der Waals surface area (Å²) in [6.07, 6.45) is 0. The van der Waals surface area contributed by atoms with E-state index in [2.05, 4.69) is 357 Å². The van der Waals surface area contributed by atoms with Crippen molar-refractivity contribution in [1.82, 2.24) is 22.7 Å². The summed E-state index contributed by atoms with van der Waals surface area (Å²) in [5.74, 6) is 0. The highest BCUT2D eigenvalue weighted by molar-refractivity contribution is 7.00. The van der Waals surface area contributed by atoms with Crippen LogP contribution in [0.25, 0.3) is 181 Å². The normalized spacial score (nSPS) is 14.2. The Kier molecular flexibility index (Phi) is 12.0. The van der Waals surface area contributed by atoms with Gasteiger partial charge >= 0.3 is 0 Å². The van der Waals surface area contributed by atoms with Crippen LogP contribution in [0.1, 0.15) is 139 Å². The van der Waals surface area contributed by atoms with Gasteiger partial charge in [-0.2, -0.15) is 0 Å². The van der Waals surface area contributed by atoms with Gasteiger partial charge in [-0.05, 0) is 213 Å². The molecule has 0 atom stereocenters. The first-order valence-corrected chi connectivity index (χ1v) is 39.3. The van der Waals surface area contributed by atoms with Crippen LogP contribution in [0.4, 0.5) is 0 Å². The van der Waals surface area contributed by atoms with Crippen LogP contribution in [0.15, 0.2) is 261 Å². The van der Waals surface area contributed by atoms with Crippen molar-refractivity contribution in [2.75, 3.05) is 0 Å². The van der Waals surface area contributed by atoms with Crippen molar-refractivity contribution >= 4 is 170 Å². The molecule has 0 aliphatic carbocycles.